The van der Waals surface area contributed by atoms with Gasteiger partial charge in [0.25, 0.3) is 0 Å². The highest BCUT2D eigenvalue weighted by Crippen LogP contribution is 2.38. The zero-order valence-electron chi connectivity index (χ0n) is 10.3. The molecule has 1 aliphatic rings. The van der Waals surface area contributed by atoms with Crippen LogP contribution in [-0.4, -0.2) is 5.91 Å². The van der Waals surface area contributed by atoms with Gasteiger partial charge in [-0.05, 0) is 23.6 Å². The molecule has 0 spiro atoms. The van der Waals surface area contributed by atoms with Crippen molar-refractivity contribution in [3.63, 3.8) is 0 Å². The molecule has 90 valence electrons. The van der Waals surface area contributed by atoms with Crippen LogP contribution in [0.25, 0.3) is 0 Å². The predicted octanol–water partition coefficient (Wildman–Crippen LogP) is 3.47. The number of fused-ring (bicyclic) bond motifs is 1. The molecule has 18 heavy (non-hydrogen) atoms. The number of aryl methyl sites for hydroxylation is 1. The van der Waals surface area contributed by atoms with E-state index in [0.29, 0.717) is 6.42 Å². The molecule has 1 heterocycles. The number of carbonyl (C=O) groups excluding carboxylic acids is 1. The van der Waals surface area contributed by atoms with Gasteiger partial charge in [-0.3, -0.25) is 4.79 Å². The molecule has 0 radical (unpaired) electrons. The number of hydrogen-bond acceptors (Lipinski definition) is 1. The Morgan fingerprint density at radius 1 is 1.06 bits per heavy atom. The van der Waals surface area contributed by atoms with Gasteiger partial charge < -0.3 is 5.32 Å². The number of anilines is 1. The van der Waals surface area contributed by atoms with E-state index in [0.717, 1.165) is 11.3 Å². The van der Waals surface area contributed by atoms with E-state index in [1.165, 1.54) is 11.1 Å². The maximum atomic E-state index is 11.9. The zero-order chi connectivity index (χ0) is 12.5. The van der Waals surface area contributed by atoms with Crippen LogP contribution in [0.2, 0.25) is 0 Å². The first-order valence-electron chi connectivity index (χ1n) is 6.20. The van der Waals surface area contributed by atoms with E-state index in [9.17, 15) is 4.79 Å². The lowest BCUT2D eigenvalue weighted by Crippen LogP contribution is -2.24. The Balaban J connectivity index is 2.14. The highest BCUT2D eigenvalue weighted by Gasteiger charge is 2.26. The largest absolute Gasteiger partial charge is 0.326 e. The van der Waals surface area contributed by atoms with Crippen molar-refractivity contribution in [3.05, 3.63) is 65.2 Å². The number of hydrogen-bond donors (Lipinski definition) is 1. The number of nitrogens with one attached hydrogen (secondary N) is 1. The van der Waals surface area contributed by atoms with E-state index in [-0.39, 0.29) is 11.8 Å². The van der Waals surface area contributed by atoms with Crippen molar-refractivity contribution in [1.82, 2.24) is 0 Å². The van der Waals surface area contributed by atoms with Gasteiger partial charge in [-0.1, -0.05) is 48.5 Å². The molecule has 2 aromatic carbocycles. The molecule has 0 saturated carbocycles. The summed E-state index contributed by atoms with van der Waals surface area (Å²) in [6, 6.07) is 16.4. The normalized spacial score (nSPS) is 18.1. The van der Waals surface area contributed by atoms with Gasteiger partial charge in [0, 0.05) is 18.0 Å². The number of benzene rings is 2. The van der Waals surface area contributed by atoms with Gasteiger partial charge in [-0.2, -0.15) is 0 Å². The van der Waals surface area contributed by atoms with Crippen molar-refractivity contribution in [1.29, 1.82) is 0 Å². The summed E-state index contributed by atoms with van der Waals surface area (Å²) >= 11 is 0. The van der Waals surface area contributed by atoms with Crippen molar-refractivity contribution in [2.75, 3.05) is 5.32 Å². The van der Waals surface area contributed by atoms with E-state index in [2.05, 4.69) is 29.6 Å². The lowest BCUT2D eigenvalue weighted by molar-refractivity contribution is -0.116. The SMILES string of the molecule is Cc1cccc2c1NC(=O)C[C@H]2c1ccccc1. The fourth-order valence-electron chi connectivity index (χ4n) is 2.62. The third-order valence-corrected chi connectivity index (χ3v) is 3.54. The van der Waals surface area contributed by atoms with Gasteiger partial charge in [-0.15, -0.1) is 0 Å². The van der Waals surface area contributed by atoms with Crippen LogP contribution in [0.4, 0.5) is 5.69 Å². The summed E-state index contributed by atoms with van der Waals surface area (Å²) in [5, 5.41) is 2.99. The summed E-state index contributed by atoms with van der Waals surface area (Å²) in [7, 11) is 0. The van der Waals surface area contributed by atoms with Crippen LogP contribution >= 0.6 is 0 Å². The van der Waals surface area contributed by atoms with E-state index < -0.39 is 0 Å². The van der Waals surface area contributed by atoms with Crippen LogP contribution in [0.1, 0.15) is 29.0 Å². The first-order chi connectivity index (χ1) is 8.75. The van der Waals surface area contributed by atoms with E-state index in [1.807, 2.05) is 31.2 Å². The second-order valence-electron chi connectivity index (χ2n) is 4.75. The Hall–Kier alpha value is -2.09. The first kappa shape index (κ1) is 11.0. The Morgan fingerprint density at radius 2 is 1.83 bits per heavy atom. The summed E-state index contributed by atoms with van der Waals surface area (Å²) in [4.78, 5) is 11.9. The summed E-state index contributed by atoms with van der Waals surface area (Å²) < 4.78 is 0. The lowest BCUT2D eigenvalue weighted by atomic mass is 9.84. The standard InChI is InChI=1S/C16H15NO/c1-11-6-5-9-13-14(10-15(18)17-16(11)13)12-7-3-2-4-8-12/h2-9,14H,10H2,1H3,(H,17,18)/t14-/m0/s1. The minimum atomic E-state index is 0.102. The molecular weight excluding hydrogens is 222 g/mol. The van der Waals surface area contributed by atoms with Crippen molar-refractivity contribution in [3.8, 4) is 0 Å². The molecular formula is C16H15NO. The van der Waals surface area contributed by atoms with Crippen LogP contribution in [0.3, 0.4) is 0 Å². The van der Waals surface area contributed by atoms with Crippen LogP contribution < -0.4 is 5.32 Å². The van der Waals surface area contributed by atoms with E-state index in [1.54, 1.807) is 0 Å². The predicted molar refractivity (Wildman–Crippen MR) is 72.7 cm³/mol. The van der Waals surface area contributed by atoms with Crippen molar-refractivity contribution in [2.24, 2.45) is 0 Å². The van der Waals surface area contributed by atoms with Gasteiger partial charge in [0.15, 0.2) is 0 Å². The van der Waals surface area contributed by atoms with Crippen LogP contribution in [-0.2, 0) is 4.79 Å². The molecule has 1 aliphatic heterocycles. The monoisotopic (exact) mass is 237 g/mol. The summed E-state index contributed by atoms with van der Waals surface area (Å²) in [5.74, 6) is 0.278. The Labute approximate surface area is 107 Å². The molecule has 0 saturated heterocycles. The fraction of sp³-hybridized carbons (Fsp3) is 0.188. The highest BCUT2D eigenvalue weighted by molar-refractivity contribution is 5.96. The van der Waals surface area contributed by atoms with E-state index in [4.69, 9.17) is 0 Å². The molecule has 1 amide bonds. The van der Waals surface area contributed by atoms with Crippen molar-refractivity contribution in [2.45, 2.75) is 19.3 Å². The van der Waals surface area contributed by atoms with Gasteiger partial charge in [0.05, 0.1) is 0 Å². The molecule has 2 aromatic rings. The molecule has 0 aliphatic carbocycles. The average molecular weight is 237 g/mol. The van der Waals surface area contributed by atoms with Crippen LogP contribution in [0.15, 0.2) is 48.5 Å². The second kappa shape index (κ2) is 4.30. The number of para-hydroxylation sites is 1. The number of carbonyl (C=O) groups is 1. The van der Waals surface area contributed by atoms with Gasteiger partial charge in [-0.25, -0.2) is 0 Å². The molecule has 3 rings (SSSR count). The van der Waals surface area contributed by atoms with Crippen LogP contribution in [0, 0.1) is 6.92 Å². The van der Waals surface area contributed by atoms with Gasteiger partial charge in [0.2, 0.25) is 5.91 Å². The van der Waals surface area contributed by atoms with Gasteiger partial charge >= 0.3 is 0 Å². The summed E-state index contributed by atoms with van der Waals surface area (Å²) in [5.41, 5.74) is 4.55. The minimum Gasteiger partial charge on any atom is -0.326 e. The zero-order valence-corrected chi connectivity index (χ0v) is 10.3. The molecule has 2 nitrogen and oxygen atoms in total. The number of amides is 1. The summed E-state index contributed by atoms with van der Waals surface area (Å²) in [6.45, 7) is 2.03. The Bertz CT molecular complexity index is 589. The van der Waals surface area contributed by atoms with Gasteiger partial charge in [0.1, 0.15) is 0 Å². The number of rotatable bonds is 1. The van der Waals surface area contributed by atoms with Crippen molar-refractivity contribution < 1.29 is 4.79 Å². The lowest BCUT2D eigenvalue weighted by Gasteiger charge is -2.27. The molecule has 0 unspecified atom stereocenters. The molecule has 1 atom stereocenters. The molecule has 2 heteroatoms. The third kappa shape index (κ3) is 1.80. The van der Waals surface area contributed by atoms with Crippen molar-refractivity contribution >= 4 is 11.6 Å². The quantitative estimate of drug-likeness (QED) is 0.808. The Kier molecular flexibility index (Phi) is 2.63. The third-order valence-electron chi connectivity index (χ3n) is 3.54. The second-order valence-corrected chi connectivity index (χ2v) is 4.75. The Morgan fingerprint density at radius 3 is 2.61 bits per heavy atom. The fourth-order valence-corrected chi connectivity index (χ4v) is 2.62. The first-order valence-corrected chi connectivity index (χ1v) is 6.20. The molecule has 0 aromatic heterocycles. The topological polar surface area (TPSA) is 29.1 Å². The molecule has 0 fully saturated rings. The highest BCUT2D eigenvalue weighted by atomic mass is 16.1. The molecule has 0 bridgehead atoms. The van der Waals surface area contributed by atoms with E-state index >= 15 is 0 Å². The molecule has 1 N–H and O–H groups in total. The maximum absolute atomic E-state index is 11.9. The van der Waals surface area contributed by atoms with Crippen LogP contribution in [0.5, 0.6) is 0 Å². The average Bonchev–Trinajstić information content (AvgIpc) is 2.40. The minimum absolute atomic E-state index is 0.102. The maximum Gasteiger partial charge on any atom is 0.225 e. The summed E-state index contributed by atoms with van der Waals surface area (Å²) in [6.07, 6.45) is 0.528. The smallest absolute Gasteiger partial charge is 0.225 e.